The molecular formula is C14H23NO2. The third-order valence-corrected chi connectivity index (χ3v) is 3.05. The molecule has 0 fully saturated rings. The maximum Gasteiger partial charge on any atom is 0.119 e. The summed E-state index contributed by atoms with van der Waals surface area (Å²) in [5.41, 5.74) is 7.27. The van der Waals surface area contributed by atoms with E-state index in [1.165, 1.54) is 5.56 Å². The van der Waals surface area contributed by atoms with Crippen molar-refractivity contribution in [3.63, 3.8) is 0 Å². The molecule has 0 heterocycles. The van der Waals surface area contributed by atoms with Gasteiger partial charge in [-0.2, -0.15) is 0 Å². The Bertz CT molecular complexity index is 311. The molecule has 2 atom stereocenters. The fourth-order valence-corrected chi connectivity index (χ4v) is 2.03. The predicted molar refractivity (Wildman–Crippen MR) is 70.3 cm³/mol. The lowest BCUT2D eigenvalue weighted by Gasteiger charge is -2.22. The van der Waals surface area contributed by atoms with Crippen molar-refractivity contribution in [1.29, 1.82) is 0 Å². The van der Waals surface area contributed by atoms with Crippen LogP contribution in [0.25, 0.3) is 0 Å². The molecule has 0 bridgehead atoms. The second-order valence-electron chi connectivity index (χ2n) is 4.19. The summed E-state index contributed by atoms with van der Waals surface area (Å²) in [7, 11) is 0. The van der Waals surface area contributed by atoms with Gasteiger partial charge in [0.25, 0.3) is 0 Å². The van der Waals surface area contributed by atoms with E-state index in [0.717, 1.165) is 12.2 Å². The summed E-state index contributed by atoms with van der Waals surface area (Å²) in [4.78, 5) is 0. The van der Waals surface area contributed by atoms with Crippen LogP contribution in [0.15, 0.2) is 24.3 Å². The summed E-state index contributed by atoms with van der Waals surface area (Å²) in [6.07, 6.45) is 1.63. The third-order valence-electron chi connectivity index (χ3n) is 3.05. The molecular weight excluding hydrogens is 214 g/mol. The summed E-state index contributed by atoms with van der Waals surface area (Å²) in [5, 5.41) is 9.10. The Morgan fingerprint density at radius 2 is 1.88 bits per heavy atom. The average molecular weight is 237 g/mol. The van der Waals surface area contributed by atoms with Crippen molar-refractivity contribution in [2.75, 3.05) is 13.2 Å². The predicted octanol–water partition coefficient (Wildman–Crippen LogP) is 2.29. The van der Waals surface area contributed by atoms with Gasteiger partial charge >= 0.3 is 0 Å². The lowest BCUT2D eigenvalue weighted by atomic mass is 9.88. The van der Waals surface area contributed by atoms with E-state index in [9.17, 15) is 0 Å². The highest BCUT2D eigenvalue weighted by Crippen LogP contribution is 2.25. The highest BCUT2D eigenvalue weighted by atomic mass is 16.5. The Morgan fingerprint density at radius 3 is 2.35 bits per heavy atom. The number of hydrogen-bond acceptors (Lipinski definition) is 3. The van der Waals surface area contributed by atoms with Crippen molar-refractivity contribution in [3.05, 3.63) is 29.8 Å². The summed E-state index contributed by atoms with van der Waals surface area (Å²) < 4.78 is 5.41. The van der Waals surface area contributed by atoms with Gasteiger partial charge in [0.05, 0.1) is 6.61 Å². The molecule has 0 aromatic heterocycles. The van der Waals surface area contributed by atoms with Crippen LogP contribution in [0.2, 0.25) is 0 Å². The smallest absolute Gasteiger partial charge is 0.119 e. The first-order valence-corrected chi connectivity index (χ1v) is 6.32. The minimum Gasteiger partial charge on any atom is -0.494 e. The maximum absolute atomic E-state index is 9.10. The van der Waals surface area contributed by atoms with Crippen molar-refractivity contribution in [3.8, 4) is 5.75 Å². The van der Waals surface area contributed by atoms with Crippen LogP contribution in [-0.2, 0) is 0 Å². The van der Waals surface area contributed by atoms with Gasteiger partial charge in [0, 0.05) is 18.6 Å². The van der Waals surface area contributed by atoms with E-state index in [0.29, 0.717) is 13.0 Å². The fraction of sp³-hybridized carbons (Fsp3) is 0.571. The molecule has 0 saturated carbocycles. The van der Waals surface area contributed by atoms with Crippen LogP contribution >= 0.6 is 0 Å². The molecule has 2 unspecified atom stereocenters. The van der Waals surface area contributed by atoms with Gasteiger partial charge in [-0.05, 0) is 37.5 Å². The number of hydrogen-bond donors (Lipinski definition) is 2. The van der Waals surface area contributed by atoms with E-state index in [-0.39, 0.29) is 18.6 Å². The van der Waals surface area contributed by atoms with Gasteiger partial charge in [0.2, 0.25) is 0 Å². The topological polar surface area (TPSA) is 55.5 Å². The highest BCUT2D eigenvalue weighted by Gasteiger charge is 2.17. The van der Waals surface area contributed by atoms with Gasteiger partial charge in [0.1, 0.15) is 5.75 Å². The van der Waals surface area contributed by atoms with E-state index in [2.05, 4.69) is 6.92 Å². The zero-order valence-electron chi connectivity index (χ0n) is 10.7. The Hall–Kier alpha value is -1.06. The Labute approximate surface area is 104 Å². The van der Waals surface area contributed by atoms with Crippen LogP contribution in [0.3, 0.4) is 0 Å². The second-order valence-corrected chi connectivity index (χ2v) is 4.19. The van der Waals surface area contributed by atoms with E-state index in [1.807, 2.05) is 31.2 Å². The summed E-state index contributed by atoms with van der Waals surface area (Å²) >= 11 is 0. The SMILES string of the molecule is CCOc1ccc(C(CCO)C(N)CC)cc1. The van der Waals surface area contributed by atoms with Crippen molar-refractivity contribution >= 4 is 0 Å². The van der Waals surface area contributed by atoms with E-state index >= 15 is 0 Å². The minimum absolute atomic E-state index is 0.0973. The van der Waals surface area contributed by atoms with Gasteiger partial charge in [-0.1, -0.05) is 19.1 Å². The molecule has 1 aromatic rings. The molecule has 3 heteroatoms. The summed E-state index contributed by atoms with van der Waals surface area (Å²) in [5.74, 6) is 1.10. The lowest BCUT2D eigenvalue weighted by molar-refractivity contribution is 0.266. The molecule has 96 valence electrons. The second kappa shape index (κ2) is 7.30. The molecule has 17 heavy (non-hydrogen) atoms. The lowest BCUT2D eigenvalue weighted by Crippen LogP contribution is -2.28. The number of aliphatic hydroxyl groups excluding tert-OH is 1. The third kappa shape index (κ3) is 4.02. The van der Waals surface area contributed by atoms with Crippen LogP contribution in [0.5, 0.6) is 5.75 Å². The first kappa shape index (κ1) is 14.0. The number of rotatable bonds is 7. The number of ether oxygens (including phenoxy) is 1. The van der Waals surface area contributed by atoms with Crippen LogP contribution in [0.4, 0.5) is 0 Å². The van der Waals surface area contributed by atoms with E-state index < -0.39 is 0 Å². The van der Waals surface area contributed by atoms with Crippen molar-refractivity contribution in [1.82, 2.24) is 0 Å². The number of nitrogens with two attached hydrogens (primary N) is 1. The molecule has 0 amide bonds. The molecule has 1 rings (SSSR count). The van der Waals surface area contributed by atoms with Gasteiger partial charge in [-0.25, -0.2) is 0 Å². The molecule has 0 aliphatic heterocycles. The number of aliphatic hydroxyl groups is 1. The van der Waals surface area contributed by atoms with E-state index in [1.54, 1.807) is 0 Å². The minimum atomic E-state index is 0.0973. The van der Waals surface area contributed by atoms with Gasteiger partial charge in [0.15, 0.2) is 0 Å². The van der Waals surface area contributed by atoms with Crippen LogP contribution in [0, 0.1) is 0 Å². The Morgan fingerprint density at radius 1 is 1.24 bits per heavy atom. The maximum atomic E-state index is 9.10. The Balaban J connectivity index is 2.79. The molecule has 0 spiro atoms. The molecule has 0 radical (unpaired) electrons. The molecule has 1 aromatic carbocycles. The molecule has 0 aliphatic carbocycles. The normalized spacial score (nSPS) is 14.4. The van der Waals surface area contributed by atoms with Crippen LogP contribution in [-0.4, -0.2) is 24.4 Å². The number of benzene rings is 1. The summed E-state index contributed by atoms with van der Waals surface area (Å²) in [6.45, 7) is 4.89. The standard InChI is InChI=1S/C14H23NO2/c1-3-14(15)13(9-10-16)11-5-7-12(8-6-11)17-4-2/h5-8,13-14,16H,3-4,9-10,15H2,1-2H3. The monoisotopic (exact) mass is 237 g/mol. The zero-order valence-corrected chi connectivity index (χ0v) is 10.7. The molecule has 0 saturated heterocycles. The Kier molecular flexibility index (Phi) is 6.01. The van der Waals surface area contributed by atoms with Gasteiger partial charge < -0.3 is 15.6 Å². The van der Waals surface area contributed by atoms with Crippen molar-refractivity contribution in [2.24, 2.45) is 5.73 Å². The van der Waals surface area contributed by atoms with Crippen LogP contribution in [0.1, 0.15) is 38.2 Å². The van der Waals surface area contributed by atoms with Crippen molar-refractivity contribution < 1.29 is 9.84 Å². The summed E-state index contributed by atoms with van der Waals surface area (Å²) in [6, 6.07) is 8.11. The average Bonchev–Trinajstić information content (AvgIpc) is 2.37. The first-order chi connectivity index (χ1) is 8.22. The van der Waals surface area contributed by atoms with Crippen molar-refractivity contribution in [2.45, 2.75) is 38.6 Å². The highest BCUT2D eigenvalue weighted by molar-refractivity contribution is 5.30. The molecule has 3 N–H and O–H groups in total. The molecule has 0 aliphatic rings. The van der Waals surface area contributed by atoms with Gasteiger partial charge in [-0.3, -0.25) is 0 Å². The zero-order chi connectivity index (χ0) is 12.7. The largest absolute Gasteiger partial charge is 0.494 e. The van der Waals surface area contributed by atoms with Gasteiger partial charge in [-0.15, -0.1) is 0 Å². The van der Waals surface area contributed by atoms with Crippen LogP contribution < -0.4 is 10.5 Å². The first-order valence-electron chi connectivity index (χ1n) is 6.32. The van der Waals surface area contributed by atoms with E-state index in [4.69, 9.17) is 15.6 Å². The molecule has 3 nitrogen and oxygen atoms in total. The quantitative estimate of drug-likeness (QED) is 0.765. The fourth-order valence-electron chi connectivity index (χ4n) is 2.03.